The minimum atomic E-state index is -4.72. The Labute approximate surface area is 175 Å². The van der Waals surface area contributed by atoms with Crippen LogP contribution in [0.1, 0.15) is 20.7 Å². The van der Waals surface area contributed by atoms with E-state index in [0.29, 0.717) is 0 Å². The fourth-order valence-corrected chi connectivity index (χ4v) is 2.39. The number of hydrogen-bond donors (Lipinski definition) is 2. The molecule has 0 aliphatic rings. The zero-order valence-corrected chi connectivity index (χ0v) is 16.5. The molecule has 0 bridgehead atoms. The zero-order valence-electron chi connectivity index (χ0n) is 13.8. The third-order valence-corrected chi connectivity index (χ3v) is 3.38. The molecule has 0 aliphatic carbocycles. The van der Waals surface area contributed by atoms with Crippen LogP contribution in [0.2, 0.25) is 0 Å². The monoisotopic (exact) mass is 490 g/mol. The van der Waals surface area contributed by atoms with E-state index >= 15 is 0 Å². The van der Waals surface area contributed by atoms with E-state index in [0.717, 1.165) is 24.3 Å². The normalized spacial score (nSPS) is 10.6. The Morgan fingerprint density at radius 2 is 0.966 bits per heavy atom. The Balaban J connectivity index is 0.000000523. The minimum absolute atomic E-state index is 0. The number of para-hydroxylation sites is 2. The molecular formula is C14H10FeO12S2. The van der Waals surface area contributed by atoms with Crippen molar-refractivity contribution in [3.63, 3.8) is 0 Å². The molecule has 2 aromatic carbocycles. The van der Waals surface area contributed by atoms with Gasteiger partial charge in [0.15, 0.2) is 11.5 Å². The van der Waals surface area contributed by atoms with Gasteiger partial charge in [-0.05, 0) is 24.3 Å². The molecule has 2 rings (SSSR count). The number of aromatic carboxylic acids is 2. The molecule has 0 aliphatic heterocycles. The summed E-state index contributed by atoms with van der Waals surface area (Å²) in [4.78, 5) is 20.9. The van der Waals surface area contributed by atoms with E-state index in [1.807, 2.05) is 0 Å². The third kappa shape index (κ3) is 9.89. The molecule has 15 heteroatoms. The summed E-state index contributed by atoms with van der Waals surface area (Å²) in [6.45, 7) is 0. The maximum absolute atomic E-state index is 10.4. The first kappa shape index (κ1) is 26.3. The summed E-state index contributed by atoms with van der Waals surface area (Å²) >= 11 is 0. The van der Waals surface area contributed by atoms with Crippen LogP contribution in [-0.2, 0) is 37.9 Å². The van der Waals surface area contributed by atoms with Crippen LogP contribution in [0.3, 0.4) is 0 Å². The molecular weight excluding hydrogens is 480 g/mol. The predicted molar refractivity (Wildman–Crippen MR) is 85.9 cm³/mol. The van der Waals surface area contributed by atoms with Crippen molar-refractivity contribution in [3.05, 3.63) is 59.7 Å². The van der Waals surface area contributed by atoms with E-state index in [1.165, 1.54) is 24.3 Å². The summed E-state index contributed by atoms with van der Waals surface area (Å²) in [5.74, 6) is -4.17. The average molecular weight is 490 g/mol. The first-order valence-electron chi connectivity index (χ1n) is 6.74. The molecule has 0 fully saturated rings. The van der Waals surface area contributed by atoms with Gasteiger partial charge in [0.1, 0.15) is 0 Å². The summed E-state index contributed by atoms with van der Waals surface area (Å²) in [7, 11) is -9.45. The largest absolute Gasteiger partial charge is 2.00 e. The zero-order chi connectivity index (χ0) is 21.5. The number of carboxylic acid groups (broad SMARTS) is 2. The van der Waals surface area contributed by atoms with Gasteiger partial charge >= 0.3 is 37.9 Å². The van der Waals surface area contributed by atoms with Crippen LogP contribution in [0.15, 0.2) is 48.5 Å². The van der Waals surface area contributed by atoms with Crippen molar-refractivity contribution >= 4 is 32.7 Å². The fraction of sp³-hybridized carbons (Fsp3) is 0. The van der Waals surface area contributed by atoms with Gasteiger partial charge in [-0.25, -0.2) is 0 Å². The van der Waals surface area contributed by atoms with E-state index < -0.39 is 55.4 Å². The van der Waals surface area contributed by atoms with Gasteiger partial charge in [-0.3, -0.25) is 9.11 Å². The van der Waals surface area contributed by atoms with Gasteiger partial charge in [0.2, 0.25) is 0 Å². The van der Waals surface area contributed by atoms with Crippen molar-refractivity contribution in [2.75, 3.05) is 0 Å². The Hall–Kier alpha value is -2.68. The second kappa shape index (κ2) is 10.8. The van der Waals surface area contributed by atoms with Crippen molar-refractivity contribution in [2.24, 2.45) is 0 Å². The van der Waals surface area contributed by atoms with Gasteiger partial charge in [-0.15, -0.1) is 0 Å². The summed E-state index contributed by atoms with van der Waals surface area (Å²) in [5.41, 5.74) is -0.907. The topological polar surface area (TPSA) is 207 Å². The Morgan fingerprint density at radius 1 is 0.690 bits per heavy atom. The maximum atomic E-state index is 10.4. The van der Waals surface area contributed by atoms with Gasteiger partial charge in [-0.2, -0.15) is 16.8 Å². The van der Waals surface area contributed by atoms with Gasteiger partial charge < -0.3 is 28.2 Å². The molecule has 2 aromatic rings. The Morgan fingerprint density at radius 3 is 1.21 bits per heavy atom. The summed E-state index contributed by atoms with van der Waals surface area (Å²) in [5, 5.41) is 20.9. The molecule has 2 N–H and O–H groups in total. The van der Waals surface area contributed by atoms with E-state index in [9.17, 15) is 36.6 Å². The number of rotatable bonds is 6. The second-order valence-corrected chi connectivity index (χ2v) is 6.63. The first-order valence-corrected chi connectivity index (χ1v) is 9.47. The number of hydrogen-bond acceptors (Lipinski definition) is 10. The molecule has 0 unspecified atom stereocenters. The molecule has 0 amide bonds. The van der Waals surface area contributed by atoms with Crippen LogP contribution < -0.4 is 18.6 Å². The van der Waals surface area contributed by atoms with Crippen LogP contribution in [0.4, 0.5) is 0 Å². The predicted octanol–water partition coefficient (Wildman–Crippen LogP) is -1.54. The SMILES string of the molecule is O=C([O-])c1ccccc1OS(=O)(=O)O.O=C([O-])c1ccccc1OS(=O)(=O)O.[Fe+2]. The van der Waals surface area contributed by atoms with Crippen molar-refractivity contribution in [3.8, 4) is 11.5 Å². The number of carboxylic acids is 2. The molecule has 0 heterocycles. The van der Waals surface area contributed by atoms with Crippen LogP contribution in [-0.4, -0.2) is 37.9 Å². The smallest absolute Gasteiger partial charge is 0.545 e. The van der Waals surface area contributed by atoms with E-state index in [2.05, 4.69) is 8.37 Å². The molecule has 0 spiro atoms. The van der Waals surface area contributed by atoms with Crippen molar-refractivity contribution < 1.29 is 71.2 Å². The van der Waals surface area contributed by atoms with Crippen LogP contribution in [0, 0.1) is 0 Å². The van der Waals surface area contributed by atoms with Crippen LogP contribution in [0.25, 0.3) is 0 Å². The molecule has 0 aromatic heterocycles. The van der Waals surface area contributed by atoms with Gasteiger partial charge in [0, 0.05) is 11.1 Å². The maximum Gasteiger partial charge on any atom is 2.00 e. The Bertz CT molecular complexity index is 992. The number of carbonyl (C=O) groups is 2. The molecule has 12 nitrogen and oxygen atoms in total. The average Bonchev–Trinajstić information content (AvgIpc) is 2.53. The van der Waals surface area contributed by atoms with Gasteiger partial charge in [-0.1, -0.05) is 24.3 Å². The molecule has 0 saturated carbocycles. The van der Waals surface area contributed by atoms with E-state index in [-0.39, 0.29) is 17.1 Å². The number of benzene rings is 2. The summed E-state index contributed by atoms with van der Waals surface area (Å²) < 4.78 is 65.8. The Kier molecular flexibility index (Phi) is 9.76. The second-order valence-electron chi connectivity index (χ2n) is 4.59. The fourth-order valence-electron chi connectivity index (χ4n) is 1.64. The molecule has 29 heavy (non-hydrogen) atoms. The van der Waals surface area contributed by atoms with Crippen molar-refractivity contribution in [2.45, 2.75) is 0 Å². The van der Waals surface area contributed by atoms with Crippen LogP contribution >= 0.6 is 0 Å². The van der Waals surface area contributed by atoms with Gasteiger partial charge in [0.25, 0.3) is 0 Å². The summed E-state index contributed by atoms with van der Waals surface area (Å²) in [6, 6.07) is 9.79. The quantitative estimate of drug-likeness (QED) is 0.349. The van der Waals surface area contributed by atoms with Gasteiger partial charge in [0.05, 0.1) is 11.9 Å². The standard InChI is InChI=1S/2C7H6O6S.Fe/c2*8-7(9)5-3-1-2-4-6(5)13-14(10,11)12;/h2*1-4H,(H,8,9)(H,10,11,12);/q;;+2/p-2. The molecule has 0 atom stereocenters. The summed E-state index contributed by atoms with van der Waals surface area (Å²) in [6.07, 6.45) is 0. The van der Waals surface area contributed by atoms with Crippen molar-refractivity contribution in [1.29, 1.82) is 0 Å². The van der Waals surface area contributed by atoms with Crippen molar-refractivity contribution in [1.82, 2.24) is 0 Å². The van der Waals surface area contributed by atoms with E-state index in [4.69, 9.17) is 9.11 Å². The third-order valence-electron chi connectivity index (χ3n) is 2.60. The minimum Gasteiger partial charge on any atom is -0.545 e. The van der Waals surface area contributed by atoms with E-state index in [1.54, 1.807) is 0 Å². The number of carbonyl (C=O) groups excluding carboxylic acids is 2. The molecule has 0 radical (unpaired) electrons. The first-order chi connectivity index (χ1) is 12.8. The van der Waals surface area contributed by atoms with Crippen LogP contribution in [0.5, 0.6) is 11.5 Å². The molecule has 0 saturated heterocycles. The molecule has 158 valence electrons.